The molecule has 0 radical (unpaired) electrons. The number of rotatable bonds is 1. The molecule has 1 saturated carbocycles. The molecule has 6 heavy (non-hydrogen) atoms. The van der Waals surface area contributed by atoms with Crippen molar-refractivity contribution in [2.24, 2.45) is 0 Å². The molecular formula is C3H8O2Si. The fourth-order valence-electron chi connectivity index (χ4n) is 0.311. The van der Waals surface area contributed by atoms with E-state index in [0.717, 1.165) is 12.8 Å². The van der Waals surface area contributed by atoms with Gasteiger partial charge in [0.15, 0.2) is 5.79 Å². The molecule has 3 heteroatoms. The van der Waals surface area contributed by atoms with Gasteiger partial charge in [-0.25, -0.2) is 0 Å². The van der Waals surface area contributed by atoms with Crippen LogP contribution in [0.3, 0.4) is 0 Å². The first-order valence-electron chi connectivity index (χ1n) is 2.04. The average Bonchev–Trinajstić information content (AvgIpc) is 2.22. The first-order valence-corrected chi connectivity index (χ1v) is 2.86. The molecule has 1 fully saturated rings. The molecule has 36 valence electrons. The summed E-state index contributed by atoms with van der Waals surface area (Å²) in [6.07, 6.45) is 1.69. The fraction of sp³-hybridized carbons (Fsp3) is 1.00. The van der Waals surface area contributed by atoms with Gasteiger partial charge < -0.3 is 9.53 Å². The van der Waals surface area contributed by atoms with Crippen LogP contribution < -0.4 is 0 Å². The molecule has 0 saturated heterocycles. The lowest BCUT2D eigenvalue weighted by Crippen LogP contribution is -2.08. The lowest BCUT2D eigenvalue weighted by atomic mass is 10.7. The van der Waals surface area contributed by atoms with Gasteiger partial charge in [0, 0.05) is 12.8 Å². The van der Waals surface area contributed by atoms with Gasteiger partial charge in [0.2, 0.25) is 0 Å². The van der Waals surface area contributed by atoms with Gasteiger partial charge in [-0.15, -0.1) is 0 Å². The Bertz CT molecular complexity index is 59.8. The Hall–Kier alpha value is 0.137. The van der Waals surface area contributed by atoms with Gasteiger partial charge in [0.25, 0.3) is 0 Å². The molecule has 0 atom stereocenters. The maximum absolute atomic E-state index is 8.75. The van der Waals surface area contributed by atoms with Crippen LogP contribution in [0.25, 0.3) is 0 Å². The van der Waals surface area contributed by atoms with E-state index in [1.165, 1.54) is 0 Å². The summed E-state index contributed by atoms with van der Waals surface area (Å²) in [6, 6.07) is 0. The third-order valence-electron chi connectivity index (χ3n) is 1.06. The molecule has 2 nitrogen and oxygen atoms in total. The average molecular weight is 104 g/mol. The molecule has 1 N–H and O–H groups in total. The predicted octanol–water partition coefficient (Wildman–Crippen LogP) is -1.23. The summed E-state index contributed by atoms with van der Waals surface area (Å²) >= 11 is 0. The van der Waals surface area contributed by atoms with Crippen molar-refractivity contribution in [1.82, 2.24) is 0 Å². The first-order chi connectivity index (χ1) is 2.77. The first kappa shape index (κ1) is 4.30. The van der Waals surface area contributed by atoms with Gasteiger partial charge in [-0.3, -0.25) is 0 Å². The van der Waals surface area contributed by atoms with E-state index in [4.69, 9.17) is 9.53 Å². The van der Waals surface area contributed by atoms with E-state index >= 15 is 0 Å². The molecule has 0 bridgehead atoms. The standard InChI is InChI=1S/C3H8O2Si/c4-3(5-6)1-2-3/h4H,1-2H2,6H3. The molecular weight excluding hydrogens is 96.1 g/mol. The molecule has 1 aliphatic carbocycles. The van der Waals surface area contributed by atoms with E-state index in [1.54, 1.807) is 0 Å². The summed E-state index contributed by atoms with van der Waals surface area (Å²) in [5.74, 6) is -0.647. The maximum atomic E-state index is 8.75. The highest BCUT2D eigenvalue weighted by atomic mass is 28.2. The minimum atomic E-state index is -0.647. The van der Waals surface area contributed by atoms with E-state index in [1.807, 2.05) is 0 Å². The second-order valence-corrected chi connectivity index (χ2v) is 2.06. The molecule has 0 unspecified atom stereocenters. The van der Waals surface area contributed by atoms with Gasteiger partial charge in [-0.1, -0.05) is 0 Å². The topological polar surface area (TPSA) is 29.5 Å². The predicted molar refractivity (Wildman–Crippen MR) is 25.2 cm³/mol. The molecule has 0 amide bonds. The zero-order chi connectivity index (χ0) is 4.62. The largest absolute Gasteiger partial charge is 0.402 e. The SMILES string of the molecule is OC1(O[SiH3])CC1. The third kappa shape index (κ3) is 0.615. The van der Waals surface area contributed by atoms with Crippen LogP contribution in [0, 0.1) is 0 Å². The van der Waals surface area contributed by atoms with Crippen LogP contribution in [0.4, 0.5) is 0 Å². The number of hydrogen-bond acceptors (Lipinski definition) is 2. The summed E-state index contributed by atoms with van der Waals surface area (Å²) in [6.45, 7) is 0. The van der Waals surface area contributed by atoms with Crippen molar-refractivity contribution in [3.05, 3.63) is 0 Å². The van der Waals surface area contributed by atoms with Gasteiger partial charge in [0.1, 0.15) is 10.5 Å². The quantitative estimate of drug-likeness (QED) is 0.333. The van der Waals surface area contributed by atoms with Crippen molar-refractivity contribution in [2.45, 2.75) is 18.6 Å². The minimum absolute atomic E-state index is 0.647. The van der Waals surface area contributed by atoms with Crippen LogP contribution in [0.5, 0.6) is 0 Å². The number of aliphatic hydroxyl groups is 1. The summed E-state index contributed by atoms with van der Waals surface area (Å²) in [7, 11) is 0.660. The molecule has 1 rings (SSSR count). The van der Waals surface area contributed by atoms with Crippen LogP contribution in [0.1, 0.15) is 12.8 Å². The van der Waals surface area contributed by atoms with Crippen molar-refractivity contribution >= 4 is 10.5 Å². The molecule has 1 aliphatic rings. The monoisotopic (exact) mass is 104 g/mol. The van der Waals surface area contributed by atoms with Crippen molar-refractivity contribution in [3.8, 4) is 0 Å². The molecule has 0 aromatic carbocycles. The Kier molecular flexibility index (Phi) is 0.755. The second-order valence-electron chi connectivity index (χ2n) is 1.65. The zero-order valence-corrected chi connectivity index (χ0v) is 5.77. The zero-order valence-electron chi connectivity index (χ0n) is 3.77. The molecule has 0 spiro atoms. The highest BCUT2D eigenvalue weighted by Gasteiger charge is 2.39. The summed E-state index contributed by atoms with van der Waals surface area (Å²) in [5, 5.41) is 8.75. The van der Waals surface area contributed by atoms with Crippen LogP contribution >= 0.6 is 0 Å². The number of hydrogen-bond donors (Lipinski definition) is 1. The van der Waals surface area contributed by atoms with Crippen molar-refractivity contribution in [1.29, 1.82) is 0 Å². The van der Waals surface area contributed by atoms with Gasteiger partial charge >= 0.3 is 0 Å². The van der Waals surface area contributed by atoms with Gasteiger partial charge in [-0.05, 0) is 0 Å². The highest BCUT2D eigenvalue weighted by molar-refractivity contribution is 5.98. The van der Waals surface area contributed by atoms with Gasteiger partial charge in [-0.2, -0.15) is 0 Å². The van der Waals surface area contributed by atoms with E-state index in [9.17, 15) is 0 Å². The minimum Gasteiger partial charge on any atom is -0.402 e. The normalized spacial score (nSPS) is 27.5. The summed E-state index contributed by atoms with van der Waals surface area (Å²) < 4.78 is 4.74. The van der Waals surface area contributed by atoms with E-state index in [0.29, 0.717) is 10.5 Å². The Morgan fingerprint density at radius 3 is 2.17 bits per heavy atom. The van der Waals surface area contributed by atoms with Crippen LogP contribution in [0.15, 0.2) is 0 Å². The van der Waals surface area contributed by atoms with Crippen LogP contribution in [0.2, 0.25) is 0 Å². The molecule has 0 aromatic rings. The Balaban J connectivity index is 2.28. The molecule has 0 aliphatic heterocycles. The van der Waals surface area contributed by atoms with Crippen molar-refractivity contribution < 1.29 is 9.53 Å². The maximum Gasteiger partial charge on any atom is 0.155 e. The van der Waals surface area contributed by atoms with Crippen molar-refractivity contribution in [2.75, 3.05) is 0 Å². The molecule has 0 heterocycles. The lowest BCUT2D eigenvalue weighted by molar-refractivity contribution is -0.0390. The summed E-state index contributed by atoms with van der Waals surface area (Å²) in [4.78, 5) is 0. The second kappa shape index (κ2) is 1.05. The fourth-order valence-corrected chi connectivity index (χ4v) is 0.719. The Morgan fingerprint density at radius 1 is 1.67 bits per heavy atom. The van der Waals surface area contributed by atoms with Gasteiger partial charge in [0.05, 0.1) is 0 Å². The van der Waals surface area contributed by atoms with E-state index < -0.39 is 5.79 Å². The third-order valence-corrected chi connectivity index (χ3v) is 1.82. The highest BCUT2D eigenvalue weighted by Crippen LogP contribution is 2.34. The Labute approximate surface area is 39.7 Å². The van der Waals surface area contributed by atoms with Crippen LogP contribution in [-0.4, -0.2) is 21.4 Å². The Morgan fingerprint density at radius 2 is 2.17 bits per heavy atom. The lowest BCUT2D eigenvalue weighted by Gasteiger charge is -2.00. The van der Waals surface area contributed by atoms with E-state index in [-0.39, 0.29) is 0 Å². The molecule has 0 aromatic heterocycles. The summed E-state index contributed by atoms with van der Waals surface area (Å²) in [5.41, 5.74) is 0. The van der Waals surface area contributed by atoms with Crippen molar-refractivity contribution in [3.63, 3.8) is 0 Å². The van der Waals surface area contributed by atoms with E-state index in [2.05, 4.69) is 0 Å². The smallest absolute Gasteiger partial charge is 0.155 e. The van der Waals surface area contributed by atoms with Crippen LogP contribution in [-0.2, 0) is 4.43 Å².